The van der Waals surface area contributed by atoms with Gasteiger partial charge in [-0.3, -0.25) is 14.4 Å². The minimum Gasteiger partial charge on any atom is -0.506 e. The van der Waals surface area contributed by atoms with Crippen LogP contribution in [-0.2, 0) is 23.9 Å². The number of ether oxygens (including phenoxy) is 3. The molecule has 3 aliphatic rings. The van der Waals surface area contributed by atoms with Crippen molar-refractivity contribution in [2.24, 2.45) is 22.2 Å². The predicted octanol–water partition coefficient (Wildman–Crippen LogP) is 9.34. The van der Waals surface area contributed by atoms with Crippen molar-refractivity contribution in [3.63, 3.8) is 0 Å². The van der Waals surface area contributed by atoms with Gasteiger partial charge in [0.2, 0.25) is 0 Å². The number of carbonyl (C=O) groups is 3. The minimum absolute atomic E-state index is 0.0912. The zero-order chi connectivity index (χ0) is 37.7. The summed E-state index contributed by atoms with van der Waals surface area (Å²) in [4.78, 5) is 45.7. The van der Waals surface area contributed by atoms with Crippen LogP contribution >= 0.6 is 0 Å². The molecule has 1 aliphatic heterocycles. The molecule has 0 amide bonds. The van der Waals surface area contributed by atoms with E-state index >= 15 is 9.59 Å². The third kappa shape index (κ3) is 8.02. The number of rotatable bonds is 14. The number of allylic oxidation sites excluding steroid dienone is 9. The summed E-state index contributed by atoms with van der Waals surface area (Å²) >= 11 is 0. The lowest BCUT2D eigenvalue weighted by molar-refractivity contribution is -0.178. The van der Waals surface area contributed by atoms with Gasteiger partial charge in [0.1, 0.15) is 16.7 Å². The van der Waals surface area contributed by atoms with Gasteiger partial charge in [0.15, 0.2) is 35.1 Å². The van der Waals surface area contributed by atoms with Gasteiger partial charge in [0, 0.05) is 12.0 Å². The number of Topliss-reactive ketones (excluding diaryl/α,β-unsaturated/α-hetero) is 3. The molecule has 8 nitrogen and oxygen atoms in total. The van der Waals surface area contributed by atoms with Gasteiger partial charge in [-0.25, -0.2) is 0 Å². The quantitative estimate of drug-likeness (QED) is 0.0647. The average Bonchev–Trinajstić information content (AvgIpc) is 3.57. The third-order valence-electron chi connectivity index (χ3n) is 11.0. The first-order valence-corrected chi connectivity index (χ1v) is 18.3. The van der Waals surface area contributed by atoms with Gasteiger partial charge >= 0.3 is 0 Å². The molecule has 1 saturated heterocycles. The smallest absolute Gasteiger partial charge is 0.184 e. The van der Waals surface area contributed by atoms with Gasteiger partial charge < -0.3 is 24.4 Å². The number of phenolic OH excluding ortho intramolecular Hbond substituents is 1. The number of ketones is 3. The first-order chi connectivity index (χ1) is 24.0. The second-order valence-corrected chi connectivity index (χ2v) is 15.8. The summed E-state index contributed by atoms with van der Waals surface area (Å²) in [6, 6.07) is 4.31. The molecule has 0 spiro atoms. The lowest BCUT2D eigenvalue weighted by Crippen LogP contribution is -2.70. The summed E-state index contributed by atoms with van der Waals surface area (Å²) in [5, 5.41) is 22.9. The Kier molecular flexibility index (Phi) is 12.8. The molecule has 278 valence electrons. The molecule has 0 radical (unpaired) electrons. The maximum absolute atomic E-state index is 15.4. The van der Waals surface area contributed by atoms with Crippen molar-refractivity contribution >= 4 is 23.1 Å². The Labute approximate surface area is 304 Å². The van der Waals surface area contributed by atoms with Crippen LogP contribution in [0.4, 0.5) is 0 Å². The van der Waals surface area contributed by atoms with E-state index in [1.165, 1.54) is 18.2 Å². The van der Waals surface area contributed by atoms with E-state index in [4.69, 9.17) is 14.2 Å². The van der Waals surface area contributed by atoms with Gasteiger partial charge in [-0.2, -0.15) is 0 Å². The molecule has 1 aromatic carbocycles. The molecule has 2 saturated carbocycles. The van der Waals surface area contributed by atoms with Gasteiger partial charge in [0.25, 0.3) is 0 Å². The lowest BCUT2D eigenvalue weighted by atomic mass is 9.37. The Bertz CT molecular complexity index is 1650. The summed E-state index contributed by atoms with van der Waals surface area (Å²) in [5.41, 5.74) is -0.0941. The van der Waals surface area contributed by atoms with Crippen LogP contribution in [0, 0.1) is 22.2 Å². The highest BCUT2D eigenvalue weighted by molar-refractivity contribution is 6.41. The van der Waals surface area contributed by atoms with Crippen LogP contribution in [0.15, 0.2) is 70.4 Å². The molecule has 4 atom stereocenters. The summed E-state index contributed by atoms with van der Waals surface area (Å²) in [5.74, 6) is -2.41. The third-order valence-corrected chi connectivity index (χ3v) is 11.0. The number of aliphatic hydroxyl groups is 1. The Morgan fingerprint density at radius 3 is 2.06 bits per heavy atom. The maximum Gasteiger partial charge on any atom is 0.184 e. The molecular weight excluding hydrogens is 644 g/mol. The van der Waals surface area contributed by atoms with Crippen molar-refractivity contribution < 1.29 is 38.8 Å². The number of aliphatic hydroxyl groups excluding tert-OH is 1. The van der Waals surface area contributed by atoms with Crippen molar-refractivity contribution in [3.8, 4) is 11.5 Å². The van der Waals surface area contributed by atoms with Crippen LogP contribution in [-0.4, -0.2) is 53.7 Å². The Balaban J connectivity index is 1.94. The second-order valence-electron chi connectivity index (χ2n) is 15.8. The molecule has 0 unspecified atom stereocenters. The number of hydrogen-bond donors (Lipinski definition) is 2. The first kappa shape index (κ1) is 40.0. The van der Waals surface area contributed by atoms with Gasteiger partial charge in [-0.1, -0.05) is 53.5 Å². The molecule has 3 fully saturated rings. The highest BCUT2D eigenvalue weighted by Gasteiger charge is 2.74. The van der Waals surface area contributed by atoms with Crippen molar-refractivity contribution in [1.29, 1.82) is 0 Å². The highest BCUT2D eigenvalue weighted by Crippen LogP contribution is 2.67. The van der Waals surface area contributed by atoms with Crippen molar-refractivity contribution in [1.82, 2.24) is 0 Å². The monoisotopic (exact) mass is 702 g/mol. The minimum atomic E-state index is -1.61. The highest BCUT2D eigenvalue weighted by atomic mass is 16.7. The van der Waals surface area contributed by atoms with E-state index in [1.54, 1.807) is 0 Å². The fourth-order valence-corrected chi connectivity index (χ4v) is 8.08. The van der Waals surface area contributed by atoms with Crippen LogP contribution in [0.3, 0.4) is 0 Å². The molecule has 2 bridgehead atoms. The standard InChI is InChI=1S/C43H58O8/c1-27(2)11-10-19-41(9)32(14-12-28(3)4)26-42(20-16-29(5)6)38(46)36(39(47)43(41,40(42)48)21-17-30(7)8)37(45)31-13-15-34(33(44)25-31)49-22-18-35-50-23-24-51-35/h11-13,15-17,25,32,35,44-45H,10,14,18-24,26H2,1-9H3/t32-,41+,42-,43+/m0/s1. The van der Waals surface area contributed by atoms with E-state index < -0.39 is 33.6 Å². The normalized spacial score (nSPS) is 27.2. The van der Waals surface area contributed by atoms with Crippen LogP contribution in [0.25, 0.3) is 5.76 Å². The maximum atomic E-state index is 15.4. The average molecular weight is 703 g/mol. The topological polar surface area (TPSA) is 119 Å². The summed E-state index contributed by atoms with van der Waals surface area (Å²) < 4.78 is 16.7. The Hall–Kier alpha value is -3.75. The lowest BCUT2D eigenvalue weighted by Gasteiger charge is -2.61. The summed E-state index contributed by atoms with van der Waals surface area (Å²) in [6.07, 6.45) is 10.6. The molecule has 0 aromatic heterocycles. The van der Waals surface area contributed by atoms with Crippen molar-refractivity contribution in [3.05, 3.63) is 75.9 Å². The van der Waals surface area contributed by atoms with E-state index in [-0.39, 0.29) is 66.5 Å². The first-order valence-electron chi connectivity index (χ1n) is 18.3. The van der Waals surface area contributed by atoms with E-state index in [0.29, 0.717) is 38.9 Å². The van der Waals surface area contributed by atoms with Crippen molar-refractivity contribution in [2.45, 2.75) is 114 Å². The number of aromatic hydroxyl groups is 1. The fourth-order valence-electron chi connectivity index (χ4n) is 8.08. The zero-order valence-electron chi connectivity index (χ0n) is 32.1. The fraction of sp³-hybridized carbons (Fsp3) is 0.558. The van der Waals surface area contributed by atoms with E-state index in [9.17, 15) is 15.0 Å². The van der Waals surface area contributed by atoms with Crippen LogP contribution in [0.2, 0.25) is 0 Å². The van der Waals surface area contributed by atoms with E-state index in [1.807, 2.05) is 67.5 Å². The van der Waals surface area contributed by atoms with Crippen LogP contribution in [0.1, 0.15) is 113 Å². The molecule has 8 heteroatoms. The van der Waals surface area contributed by atoms with Crippen molar-refractivity contribution in [2.75, 3.05) is 19.8 Å². The second kappa shape index (κ2) is 16.3. The summed E-state index contributed by atoms with van der Waals surface area (Å²) in [7, 11) is 0. The van der Waals surface area contributed by atoms with Gasteiger partial charge in [-0.05, 0) is 123 Å². The largest absolute Gasteiger partial charge is 0.506 e. The molecule has 1 heterocycles. The Morgan fingerprint density at radius 2 is 1.47 bits per heavy atom. The molecular formula is C43H58O8. The predicted molar refractivity (Wildman–Crippen MR) is 200 cm³/mol. The number of benzene rings is 1. The molecule has 4 rings (SSSR count). The SMILES string of the molecule is CC(C)=CCC[C@]1(C)[C@@H](CC=C(C)C)C[C@@]2(CC=C(C)C)C(=O)C(=C(O)c3ccc(OCCC4OCCO4)c(O)c3)C(=O)[C@]1(CC=C(C)C)C2=O. The number of phenols is 1. The van der Waals surface area contributed by atoms with Gasteiger partial charge in [0.05, 0.1) is 25.2 Å². The van der Waals surface area contributed by atoms with E-state index in [2.05, 4.69) is 19.1 Å². The zero-order valence-corrected chi connectivity index (χ0v) is 32.1. The van der Waals surface area contributed by atoms with E-state index in [0.717, 1.165) is 22.3 Å². The number of fused-ring (bicyclic) bond motifs is 2. The molecule has 51 heavy (non-hydrogen) atoms. The van der Waals surface area contributed by atoms with Gasteiger partial charge in [-0.15, -0.1) is 0 Å². The van der Waals surface area contributed by atoms with Crippen LogP contribution in [0.5, 0.6) is 11.5 Å². The Morgan fingerprint density at radius 1 is 0.863 bits per heavy atom. The molecule has 2 N–H and O–H groups in total. The number of hydrogen-bond acceptors (Lipinski definition) is 8. The summed E-state index contributed by atoms with van der Waals surface area (Å²) in [6.45, 7) is 19.2. The molecule has 2 aliphatic carbocycles. The van der Waals surface area contributed by atoms with Crippen LogP contribution < -0.4 is 4.74 Å². The number of carbonyl (C=O) groups excluding carboxylic acids is 3. The molecule has 1 aromatic rings.